The Labute approximate surface area is 108 Å². The van der Waals surface area contributed by atoms with Crippen molar-refractivity contribution < 1.29 is 22.6 Å². The van der Waals surface area contributed by atoms with Crippen molar-refractivity contribution >= 4 is 34.2 Å². The smallest absolute Gasteiger partial charge is 0.478 e. The molecule has 0 spiro atoms. The van der Waals surface area contributed by atoms with Crippen LogP contribution in [0.15, 0.2) is 6.07 Å². The molecule has 0 N–H and O–H groups in total. The fourth-order valence-corrected chi connectivity index (χ4v) is 1.95. The van der Waals surface area contributed by atoms with Crippen molar-refractivity contribution in [2.24, 2.45) is 0 Å². The molecule has 90 valence electrons. The van der Waals surface area contributed by atoms with Gasteiger partial charge in [-0.3, -0.25) is 0 Å². The molecular formula is C8H6ClF3INO2. The first-order valence-corrected chi connectivity index (χ1v) is 5.54. The summed E-state index contributed by atoms with van der Waals surface area (Å²) in [7, 11) is 1.20. The van der Waals surface area contributed by atoms with Gasteiger partial charge < -0.3 is 9.47 Å². The van der Waals surface area contributed by atoms with Gasteiger partial charge in [-0.1, -0.05) is 0 Å². The Morgan fingerprint density at radius 2 is 2.12 bits per heavy atom. The van der Waals surface area contributed by atoms with Crippen molar-refractivity contribution in [3.8, 4) is 11.6 Å². The summed E-state index contributed by atoms with van der Waals surface area (Å²) in [5, 5.41) is 0. The second kappa shape index (κ2) is 5.26. The van der Waals surface area contributed by atoms with Crippen LogP contribution in [0.1, 0.15) is 5.69 Å². The Kier molecular flexibility index (Phi) is 4.48. The number of halogens is 5. The number of aromatic nitrogens is 1. The lowest BCUT2D eigenvalue weighted by Gasteiger charge is -2.13. The van der Waals surface area contributed by atoms with Crippen LogP contribution in [-0.2, 0) is 5.88 Å². The lowest BCUT2D eigenvalue weighted by molar-refractivity contribution is -0.275. The number of rotatable bonds is 3. The maximum atomic E-state index is 12.0. The van der Waals surface area contributed by atoms with Gasteiger partial charge in [0.1, 0.15) is 0 Å². The molecule has 1 heterocycles. The van der Waals surface area contributed by atoms with Crippen molar-refractivity contribution in [3.05, 3.63) is 15.3 Å². The summed E-state index contributed by atoms with van der Waals surface area (Å²) in [5.41, 5.74) is 0.439. The zero-order chi connectivity index (χ0) is 12.3. The maximum Gasteiger partial charge on any atom is 0.573 e. The van der Waals surface area contributed by atoms with Crippen LogP contribution in [0.25, 0.3) is 0 Å². The molecule has 0 amide bonds. The number of pyridine rings is 1. The summed E-state index contributed by atoms with van der Waals surface area (Å²) in [6, 6.07) is 1.18. The van der Waals surface area contributed by atoms with Crippen LogP contribution in [0, 0.1) is 3.57 Å². The van der Waals surface area contributed by atoms with Crippen molar-refractivity contribution in [2.75, 3.05) is 7.11 Å². The highest BCUT2D eigenvalue weighted by Crippen LogP contribution is 2.33. The second-order valence-corrected chi connectivity index (χ2v) is 4.04. The van der Waals surface area contributed by atoms with Crippen LogP contribution >= 0.6 is 34.2 Å². The zero-order valence-electron chi connectivity index (χ0n) is 7.94. The first kappa shape index (κ1) is 13.6. The highest BCUT2D eigenvalue weighted by atomic mass is 127. The minimum Gasteiger partial charge on any atom is -0.478 e. The molecule has 1 aromatic heterocycles. The molecule has 0 aromatic carbocycles. The minimum atomic E-state index is -4.78. The van der Waals surface area contributed by atoms with Crippen LogP contribution in [0.5, 0.6) is 11.6 Å². The van der Waals surface area contributed by atoms with Crippen molar-refractivity contribution in [3.63, 3.8) is 0 Å². The summed E-state index contributed by atoms with van der Waals surface area (Å²) in [6.07, 6.45) is -4.78. The molecule has 3 nitrogen and oxygen atoms in total. The van der Waals surface area contributed by atoms with E-state index in [4.69, 9.17) is 16.3 Å². The third-order valence-corrected chi connectivity index (χ3v) is 2.71. The highest BCUT2D eigenvalue weighted by molar-refractivity contribution is 14.1. The van der Waals surface area contributed by atoms with Crippen molar-refractivity contribution in [1.29, 1.82) is 0 Å². The Morgan fingerprint density at radius 3 is 2.56 bits per heavy atom. The lowest BCUT2D eigenvalue weighted by Crippen LogP contribution is -2.18. The molecule has 0 radical (unpaired) electrons. The van der Waals surface area contributed by atoms with Gasteiger partial charge in [-0.2, -0.15) is 0 Å². The number of nitrogens with zero attached hydrogens (tertiary/aromatic N) is 1. The molecule has 0 bridgehead atoms. The first-order chi connectivity index (χ1) is 7.37. The SMILES string of the molecule is COc1nc(CCl)c(I)cc1OC(F)(F)F. The van der Waals surface area contributed by atoms with Gasteiger partial charge in [-0.15, -0.1) is 24.8 Å². The number of alkyl halides is 4. The third-order valence-electron chi connectivity index (χ3n) is 1.53. The number of hydrogen-bond acceptors (Lipinski definition) is 3. The predicted molar refractivity (Wildman–Crippen MR) is 59.7 cm³/mol. The van der Waals surface area contributed by atoms with E-state index in [9.17, 15) is 13.2 Å². The lowest BCUT2D eigenvalue weighted by atomic mass is 10.3. The van der Waals surface area contributed by atoms with Crippen LogP contribution in [-0.4, -0.2) is 18.5 Å². The van der Waals surface area contributed by atoms with Crippen molar-refractivity contribution in [1.82, 2.24) is 4.98 Å². The van der Waals surface area contributed by atoms with E-state index in [1.165, 1.54) is 13.2 Å². The van der Waals surface area contributed by atoms with Crippen LogP contribution < -0.4 is 9.47 Å². The van der Waals surface area contributed by atoms with E-state index in [0.29, 0.717) is 9.26 Å². The van der Waals surface area contributed by atoms with Gasteiger partial charge in [0.15, 0.2) is 5.75 Å². The standard InChI is InChI=1S/C8H6ClF3INO2/c1-15-7-6(16-8(10,11)12)2-4(13)5(3-9)14-7/h2H,3H2,1H3. The first-order valence-electron chi connectivity index (χ1n) is 3.92. The van der Waals surface area contributed by atoms with Gasteiger partial charge >= 0.3 is 6.36 Å². The van der Waals surface area contributed by atoms with E-state index in [1.807, 2.05) is 22.6 Å². The van der Waals surface area contributed by atoms with Gasteiger partial charge in [-0.05, 0) is 22.6 Å². The minimum absolute atomic E-state index is 0.0843. The van der Waals surface area contributed by atoms with Crippen LogP contribution in [0.4, 0.5) is 13.2 Å². The predicted octanol–water partition coefficient (Wildman–Crippen LogP) is 3.33. The third kappa shape index (κ3) is 3.55. The average molecular weight is 367 g/mol. The summed E-state index contributed by atoms with van der Waals surface area (Å²) < 4.78 is 45.1. The second-order valence-electron chi connectivity index (χ2n) is 2.61. The van der Waals surface area contributed by atoms with E-state index < -0.39 is 12.1 Å². The van der Waals surface area contributed by atoms with Crippen LogP contribution in [0.2, 0.25) is 0 Å². The molecule has 8 heteroatoms. The fraction of sp³-hybridized carbons (Fsp3) is 0.375. The van der Waals surface area contributed by atoms with E-state index in [-0.39, 0.29) is 11.8 Å². The molecule has 0 aliphatic carbocycles. The monoisotopic (exact) mass is 367 g/mol. The molecule has 0 atom stereocenters. The summed E-state index contributed by atoms with van der Waals surface area (Å²) in [4.78, 5) is 3.81. The molecular weight excluding hydrogens is 361 g/mol. The summed E-state index contributed by atoms with van der Waals surface area (Å²) in [6.45, 7) is 0. The molecule has 0 fully saturated rings. The maximum absolute atomic E-state index is 12.0. The molecule has 1 aromatic rings. The average Bonchev–Trinajstić information content (AvgIpc) is 2.16. The van der Waals surface area contributed by atoms with E-state index in [0.717, 1.165) is 0 Å². The zero-order valence-corrected chi connectivity index (χ0v) is 10.9. The van der Waals surface area contributed by atoms with Gasteiger partial charge in [0.05, 0.1) is 18.7 Å². The number of ether oxygens (including phenoxy) is 2. The Hall–Kier alpha value is -0.440. The van der Waals surface area contributed by atoms with Gasteiger partial charge in [0, 0.05) is 9.64 Å². The number of hydrogen-bond donors (Lipinski definition) is 0. The van der Waals surface area contributed by atoms with E-state index in [1.54, 1.807) is 0 Å². The Balaban J connectivity index is 3.13. The molecule has 16 heavy (non-hydrogen) atoms. The molecule has 0 saturated heterocycles. The summed E-state index contributed by atoms with van der Waals surface area (Å²) >= 11 is 7.38. The normalized spacial score (nSPS) is 11.4. The topological polar surface area (TPSA) is 31.4 Å². The fourth-order valence-electron chi connectivity index (χ4n) is 0.929. The highest BCUT2D eigenvalue weighted by Gasteiger charge is 2.33. The van der Waals surface area contributed by atoms with Gasteiger partial charge in [0.2, 0.25) is 0 Å². The Morgan fingerprint density at radius 1 is 1.50 bits per heavy atom. The molecule has 0 saturated carbocycles. The van der Waals surface area contributed by atoms with E-state index in [2.05, 4.69) is 9.72 Å². The van der Waals surface area contributed by atoms with Crippen molar-refractivity contribution in [2.45, 2.75) is 12.2 Å². The van der Waals surface area contributed by atoms with Gasteiger partial charge in [0.25, 0.3) is 5.88 Å². The van der Waals surface area contributed by atoms with Gasteiger partial charge in [-0.25, -0.2) is 4.98 Å². The summed E-state index contributed by atoms with van der Waals surface area (Å²) in [5.74, 6) is -0.636. The molecule has 0 aliphatic rings. The number of methoxy groups -OCH3 is 1. The molecule has 0 aliphatic heterocycles. The quantitative estimate of drug-likeness (QED) is 0.607. The Bertz CT molecular complexity index is 386. The largest absolute Gasteiger partial charge is 0.573 e. The molecule has 0 unspecified atom stereocenters. The molecule has 1 rings (SSSR count). The van der Waals surface area contributed by atoms with Crippen LogP contribution in [0.3, 0.4) is 0 Å². The van der Waals surface area contributed by atoms with E-state index >= 15 is 0 Å².